The van der Waals surface area contributed by atoms with E-state index in [4.69, 9.17) is 14.4 Å². The van der Waals surface area contributed by atoms with Crippen molar-refractivity contribution in [3.05, 3.63) is 90.7 Å². The lowest BCUT2D eigenvalue weighted by molar-refractivity contribution is 0.552. The van der Waals surface area contributed by atoms with Crippen LogP contribution >= 0.6 is 0 Å². The molecule has 1 fully saturated rings. The third-order valence-corrected chi connectivity index (χ3v) is 6.32. The van der Waals surface area contributed by atoms with Crippen LogP contribution in [0.25, 0.3) is 5.57 Å². The number of benzene rings is 1. The van der Waals surface area contributed by atoms with Gasteiger partial charge in [0.05, 0.1) is 12.8 Å². The summed E-state index contributed by atoms with van der Waals surface area (Å²) in [5.74, 6) is 3.11. The fraction of sp³-hybridized carbons (Fsp3) is 0.222. The number of amidine groups is 1. The van der Waals surface area contributed by atoms with Crippen LogP contribution < -0.4 is 20.4 Å². The Morgan fingerprint density at radius 1 is 0.811 bits per heavy atom. The highest BCUT2D eigenvalue weighted by molar-refractivity contribution is 6.09. The molecule has 10 heteroatoms. The molecule has 0 radical (unpaired) electrons. The molecule has 0 atom stereocenters. The molecule has 10 nitrogen and oxygen atoms in total. The maximum absolute atomic E-state index is 5.51. The minimum absolute atomic E-state index is 0.452. The summed E-state index contributed by atoms with van der Waals surface area (Å²) >= 11 is 0. The summed E-state index contributed by atoms with van der Waals surface area (Å²) in [6.07, 6.45) is 7.29. The number of rotatable bonds is 7. The topological polar surface area (TPSA) is 108 Å². The van der Waals surface area contributed by atoms with Crippen molar-refractivity contribution in [2.24, 2.45) is 4.99 Å². The number of pyridine rings is 1. The zero-order valence-electron chi connectivity index (χ0n) is 20.3. The van der Waals surface area contributed by atoms with Crippen molar-refractivity contribution >= 4 is 34.9 Å². The molecule has 0 amide bonds. The highest BCUT2D eigenvalue weighted by Gasteiger charge is 2.22. The second-order valence-corrected chi connectivity index (χ2v) is 8.77. The quantitative estimate of drug-likeness (QED) is 0.398. The zero-order valence-corrected chi connectivity index (χ0v) is 20.3. The third-order valence-electron chi connectivity index (χ3n) is 6.32. The van der Waals surface area contributed by atoms with Crippen LogP contribution in [0.15, 0.2) is 88.7 Å². The van der Waals surface area contributed by atoms with E-state index in [0.717, 1.165) is 43.1 Å². The van der Waals surface area contributed by atoms with Gasteiger partial charge in [0, 0.05) is 56.4 Å². The first-order valence-electron chi connectivity index (χ1n) is 12.3. The molecule has 6 rings (SSSR count). The van der Waals surface area contributed by atoms with Gasteiger partial charge in [-0.3, -0.25) is 9.98 Å². The minimum atomic E-state index is 0.452. The number of piperazine rings is 1. The van der Waals surface area contributed by atoms with Gasteiger partial charge in [0.15, 0.2) is 0 Å². The third kappa shape index (κ3) is 5.43. The number of anilines is 4. The van der Waals surface area contributed by atoms with Gasteiger partial charge in [-0.05, 0) is 35.9 Å². The number of nitrogens with zero attached hydrogens (tertiary/aromatic N) is 7. The molecule has 186 valence electrons. The predicted molar refractivity (Wildman–Crippen MR) is 145 cm³/mol. The number of aromatic nitrogens is 4. The molecular weight excluding hydrogens is 466 g/mol. The molecule has 1 aromatic carbocycles. The number of hydrogen-bond donors (Lipinski definition) is 2. The largest absolute Gasteiger partial charge is 0.465 e. The maximum Gasteiger partial charge on any atom is 0.234 e. The normalized spacial score (nSPS) is 15.4. The van der Waals surface area contributed by atoms with Crippen LogP contribution in [0, 0.1) is 0 Å². The molecule has 2 aliphatic rings. The highest BCUT2D eigenvalue weighted by Crippen LogP contribution is 2.22. The van der Waals surface area contributed by atoms with E-state index >= 15 is 0 Å². The highest BCUT2D eigenvalue weighted by atomic mass is 16.3. The van der Waals surface area contributed by atoms with Crippen molar-refractivity contribution in [1.82, 2.24) is 19.9 Å². The summed E-state index contributed by atoms with van der Waals surface area (Å²) in [4.78, 5) is 27.4. The summed E-state index contributed by atoms with van der Waals surface area (Å²) < 4.78 is 5.51. The Balaban J connectivity index is 1.20. The number of nitrogens with one attached hydrogen (secondary N) is 2. The molecule has 0 unspecified atom stereocenters. The summed E-state index contributed by atoms with van der Waals surface area (Å²) in [7, 11) is 0. The van der Waals surface area contributed by atoms with Gasteiger partial charge in [0.1, 0.15) is 11.6 Å². The standard InChI is InChI=1S/C27H27N9O/c1-2-5-20(6-3-1)18-30-25-32-26(31-24-17-21(19-29-24)23-7-4-16-37-23)34-27(33-25)36-14-12-35(13-15-36)22-8-10-28-11-9-22/h1-11,16-17H,12-15,18-19H2,(H2,29,30,31,32,33,34). The first-order chi connectivity index (χ1) is 18.3. The second kappa shape index (κ2) is 10.5. The van der Waals surface area contributed by atoms with Crippen LogP contribution in [-0.2, 0) is 6.54 Å². The first kappa shape index (κ1) is 22.7. The van der Waals surface area contributed by atoms with Crippen LogP contribution in [0.4, 0.5) is 23.5 Å². The van der Waals surface area contributed by atoms with Gasteiger partial charge in [-0.15, -0.1) is 0 Å². The molecular formula is C27H27N9O. The van der Waals surface area contributed by atoms with E-state index in [1.165, 1.54) is 5.69 Å². The Morgan fingerprint density at radius 3 is 2.38 bits per heavy atom. The van der Waals surface area contributed by atoms with Crippen LogP contribution in [-0.4, -0.2) is 58.5 Å². The first-order valence-corrected chi connectivity index (χ1v) is 12.3. The molecule has 4 aromatic rings. The molecule has 1 saturated heterocycles. The number of furan rings is 1. The lowest BCUT2D eigenvalue weighted by Crippen LogP contribution is -2.47. The van der Waals surface area contributed by atoms with Crippen molar-refractivity contribution < 1.29 is 4.42 Å². The monoisotopic (exact) mass is 493 g/mol. The van der Waals surface area contributed by atoms with E-state index in [9.17, 15) is 0 Å². The molecule has 5 heterocycles. The SMILES string of the molecule is C1=C(c2ccco2)CN=C1Nc1nc(NCc2ccccc2)nc(N2CCN(c3ccncc3)CC2)n1. The molecule has 0 saturated carbocycles. The van der Waals surface area contributed by atoms with Crippen LogP contribution in [0.2, 0.25) is 0 Å². The lowest BCUT2D eigenvalue weighted by atomic mass is 10.2. The van der Waals surface area contributed by atoms with E-state index in [1.54, 1.807) is 6.26 Å². The maximum atomic E-state index is 5.51. The van der Waals surface area contributed by atoms with Gasteiger partial charge in [0.2, 0.25) is 17.8 Å². The smallest absolute Gasteiger partial charge is 0.234 e. The van der Waals surface area contributed by atoms with Gasteiger partial charge in [-0.2, -0.15) is 15.0 Å². The molecule has 37 heavy (non-hydrogen) atoms. The van der Waals surface area contributed by atoms with Crippen LogP contribution in [0.3, 0.4) is 0 Å². The van der Waals surface area contributed by atoms with Crippen molar-refractivity contribution in [1.29, 1.82) is 0 Å². The van der Waals surface area contributed by atoms with Gasteiger partial charge < -0.3 is 24.9 Å². The van der Waals surface area contributed by atoms with Crippen molar-refractivity contribution in [2.75, 3.05) is 53.2 Å². The average molecular weight is 494 g/mol. The van der Waals surface area contributed by atoms with Crippen LogP contribution in [0.1, 0.15) is 11.3 Å². The van der Waals surface area contributed by atoms with Crippen molar-refractivity contribution in [3.8, 4) is 0 Å². The minimum Gasteiger partial charge on any atom is -0.465 e. The average Bonchev–Trinajstić information content (AvgIpc) is 3.66. The second-order valence-electron chi connectivity index (χ2n) is 8.77. The van der Waals surface area contributed by atoms with Crippen molar-refractivity contribution in [3.63, 3.8) is 0 Å². The molecule has 3 aromatic heterocycles. The van der Waals surface area contributed by atoms with Crippen molar-refractivity contribution in [2.45, 2.75) is 6.54 Å². The van der Waals surface area contributed by atoms with Gasteiger partial charge in [-0.1, -0.05) is 30.3 Å². The van der Waals surface area contributed by atoms with E-state index < -0.39 is 0 Å². The molecule has 2 N–H and O–H groups in total. The molecule has 0 bridgehead atoms. The molecule has 0 aliphatic carbocycles. The Bertz CT molecular complexity index is 1380. The van der Waals surface area contributed by atoms with E-state index in [0.29, 0.717) is 36.8 Å². The lowest BCUT2D eigenvalue weighted by Gasteiger charge is -2.36. The Morgan fingerprint density at radius 2 is 1.59 bits per heavy atom. The Kier molecular flexibility index (Phi) is 6.44. The summed E-state index contributed by atoms with van der Waals surface area (Å²) in [5.41, 5.74) is 3.34. The summed E-state index contributed by atoms with van der Waals surface area (Å²) in [5, 5.41) is 6.63. The Labute approximate surface area is 214 Å². The number of aliphatic imine (C=N–C) groups is 1. The van der Waals surface area contributed by atoms with E-state index in [1.807, 2.05) is 60.9 Å². The van der Waals surface area contributed by atoms with E-state index in [-0.39, 0.29) is 0 Å². The van der Waals surface area contributed by atoms with Crippen LogP contribution in [0.5, 0.6) is 0 Å². The molecule has 0 spiro atoms. The van der Waals surface area contributed by atoms with Gasteiger partial charge >= 0.3 is 0 Å². The molecule has 2 aliphatic heterocycles. The Hall–Kier alpha value is -4.73. The van der Waals surface area contributed by atoms with E-state index in [2.05, 4.69) is 47.5 Å². The summed E-state index contributed by atoms with van der Waals surface area (Å²) in [6, 6.07) is 18.1. The fourth-order valence-electron chi connectivity index (χ4n) is 4.36. The van der Waals surface area contributed by atoms with Gasteiger partial charge in [0.25, 0.3) is 0 Å². The zero-order chi connectivity index (χ0) is 24.9. The fourth-order valence-corrected chi connectivity index (χ4v) is 4.36. The number of hydrogen-bond acceptors (Lipinski definition) is 10. The summed E-state index contributed by atoms with van der Waals surface area (Å²) in [6.45, 7) is 4.49. The van der Waals surface area contributed by atoms with Gasteiger partial charge in [-0.25, -0.2) is 0 Å². The predicted octanol–water partition coefficient (Wildman–Crippen LogP) is 3.71.